The highest BCUT2D eigenvalue weighted by atomic mass is 16.6. The summed E-state index contributed by atoms with van der Waals surface area (Å²) in [6.45, 7) is 0. The van der Waals surface area contributed by atoms with E-state index >= 15 is 0 Å². The van der Waals surface area contributed by atoms with Crippen LogP contribution in [-0.4, -0.2) is 27.9 Å². The molecular formula is C13H15N3O5. The first-order valence-corrected chi connectivity index (χ1v) is 6.46. The summed E-state index contributed by atoms with van der Waals surface area (Å²) < 4.78 is 0. The maximum Gasteiger partial charge on any atom is 0.306 e. The van der Waals surface area contributed by atoms with Crippen molar-refractivity contribution in [1.29, 1.82) is 0 Å². The number of hydrogen-bond donors (Lipinski definition) is 3. The summed E-state index contributed by atoms with van der Waals surface area (Å²) in [6.07, 6.45) is 1.43. The minimum atomic E-state index is -0.874. The van der Waals surface area contributed by atoms with E-state index in [1.54, 1.807) is 0 Å². The van der Waals surface area contributed by atoms with Crippen molar-refractivity contribution in [3.8, 4) is 0 Å². The number of amides is 1. The van der Waals surface area contributed by atoms with Crippen molar-refractivity contribution in [2.45, 2.75) is 25.3 Å². The van der Waals surface area contributed by atoms with E-state index in [4.69, 9.17) is 10.8 Å². The van der Waals surface area contributed by atoms with Gasteiger partial charge < -0.3 is 16.2 Å². The lowest BCUT2D eigenvalue weighted by atomic mass is 10.1. The van der Waals surface area contributed by atoms with Gasteiger partial charge in [-0.2, -0.15) is 0 Å². The average Bonchev–Trinajstić information content (AvgIpc) is 2.87. The van der Waals surface area contributed by atoms with Crippen LogP contribution in [0, 0.1) is 16.0 Å². The highest BCUT2D eigenvalue weighted by Gasteiger charge is 2.31. The van der Waals surface area contributed by atoms with Gasteiger partial charge in [-0.3, -0.25) is 19.7 Å². The molecule has 0 heterocycles. The zero-order valence-corrected chi connectivity index (χ0v) is 11.1. The molecule has 4 N–H and O–H groups in total. The Hall–Kier alpha value is -2.64. The Morgan fingerprint density at radius 3 is 2.67 bits per heavy atom. The molecule has 112 valence electrons. The smallest absolute Gasteiger partial charge is 0.306 e. The molecule has 2 rings (SSSR count). The van der Waals surface area contributed by atoms with Crippen LogP contribution >= 0.6 is 0 Å². The topological polar surface area (TPSA) is 136 Å². The lowest BCUT2D eigenvalue weighted by Crippen LogP contribution is -2.33. The number of carboxylic acids is 1. The Kier molecular flexibility index (Phi) is 4.06. The van der Waals surface area contributed by atoms with Gasteiger partial charge in [0.1, 0.15) is 5.69 Å². The van der Waals surface area contributed by atoms with Gasteiger partial charge in [-0.15, -0.1) is 0 Å². The number of carboxylic acid groups (broad SMARTS) is 1. The van der Waals surface area contributed by atoms with Crippen molar-refractivity contribution < 1.29 is 19.6 Å². The molecule has 1 aromatic rings. The van der Waals surface area contributed by atoms with Crippen molar-refractivity contribution in [3.05, 3.63) is 33.9 Å². The molecule has 1 aromatic carbocycles. The summed E-state index contributed by atoms with van der Waals surface area (Å²) >= 11 is 0. The monoisotopic (exact) mass is 293 g/mol. The standard InChI is InChI=1S/C13H15N3O5/c14-11-9(2-1-3-10(11)16(20)21)12(17)15-8-5-4-7(6-8)13(18)19/h1-3,7-8H,4-6,14H2,(H,15,17)(H,18,19)/t7-,8+/m1/s1. The summed E-state index contributed by atoms with van der Waals surface area (Å²) in [5, 5.41) is 22.4. The lowest BCUT2D eigenvalue weighted by Gasteiger charge is -2.13. The molecule has 21 heavy (non-hydrogen) atoms. The van der Waals surface area contributed by atoms with Gasteiger partial charge in [-0.25, -0.2) is 0 Å². The van der Waals surface area contributed by atoms with Crippen LogP contribution in [0.5, 0.6) is 0 Å². The third-order valence-electron chi connectivity index (χ3n) is 3.64. The predicted octanol–water partition coefficient (Wildman–Crippen LogP) is 1.16. The SMILES string of the molecule is Nc1c(C(=O)N[C@H]2CC[C@@H](C(=O)O)C2)cccc1[N+](=O)[O-]. The normalized spacial score (nSPS) is 21.0. The minimum absolute atomic E-state index is 0.0305. The van der Waals surface area contributed by atoms with E-state index in [-0.39, 0.29) is 23.0 Å². The summed E-state index contributed by atoms with van der Waals surface area (Å²) in [5.41, 5.74) is 5.16. The largest absolute Gasteiger partial charge is 0.481 e. The number of para-hydroxylation sites is 1. The van der Waals surface area contributed by atoms with Crippen LogP contribution in [0.2, 0.25) is 0 Å². The summed E-state index contributed by atoms with van der Waals surface area (Å²) in [7, 11) is 0. The molecular weight excluding hydrogens is 278 g/mol. The number of nitrogens with zero attached hydrogens (tertiary/aromatic N) is 1. The average molecular weight is 293 g/mol. The Morgan fingerprint density at radius 2 is 2.10 bits per heavy atom. The molecule has 1 amide bonds. The number of nitrogens with one attached hydrogen (secondary N) is 1. The van der Waals surface area contributed by atoms with Gasteiger partial charge in [0.05, 0.1) is 16.4 Å². The van der Waals surface area contributed by atoms with Crippen LogP contribution in [0.25, 0.3) is 0 Å². The van der Waals surface area contributed by atoms with Crippen LogP contribution in [0.1, 0.15) is 29.6 Å². The van der Waals surface area contributed by atoms with Crippen molar-refractivity contribution in [3.63, 3.8) is 0 Å². The molecule has 0 saturated heterocycles. The number of aliphatic carboxylic acids is 1. The maximum absolute atomic E-state index is 12.1. The van der Waals surface area contributed by atoms with Gasteiger partial charge in [0.2, 0.25) is 0 Å². The Balaban J connectivity index is 2.10. The van der Waals surface area contributed by atoms with E-state index in [0.717, 1.165) is 0 Å². The molecule has 1 saturated carbocycles. The number of hydrogen-bond acceptors (Lipinski definition) is 5. The number of rotatable bonds is 4. The van der Waals surface area contributed by atoms with Crippen molar-refractivity contribution >= 4 is 23.3 Å². The number of nitrogens with two attached hydrogens (primary N) is 1. The lowest BCUT2D eigenvalue weighted by molar-refractivity contribution is -0.383. The molecule has 1 aliphatic rings. The number of nitro benzene ring substituents is 1. The number of carbonyl (C=O) groups is 2. The highest BCUT2D eigenvalue weighted by molar-refractivity contribution is 6.01. The molecule has 0 radical (unpaired) electrons. The molecule has 0 bridgehead atoms. The Bertz CT molecular complexity index is 601. The van der Waals surface area contributed by atoms with E-state index in [1.165, 1.54) is 18.2 Å². The van der Waals surface area contributed by atoms with Gasteiger partial charge in [0.15, 0.2) is 0 Å². The fourth-order valence-corrected chi connectivity index (χ4v) is 2.51. The predicted molar refractivity (Wildman–Crippen MR) is 73.7 cm³/mol. The number of nitrogen functional groups attached to an aromatic ring is 1. The van der Waals surface area contributed by atoms with E-state index in [1.807, 2.05) is 0 Å². The van der Waals surface area contributed by atoms with E-state index in [0.29, 0.717) is 19.3 Å². The molecule has 0 unspecified atom stereocenters. The molecule has 0 spiro atoms. The van der Waals surface area contributed by atoms with Crippen LogP contribution in [0.4, 0.5) is 11.4 Å². The van der Waals surface area contributed by atoms with Crippen LogP contribution in [-0.2, 0) is 4.79 Å². The second-order valence-electron chi connectivity index (χ2n) is 5.01. The van der Waals surface area contributed by atoms with E-state index < -0.39 is 22.7 Å². The molecule has 0 aliphatic heterocycles. The van der Waals surface area contributed by atoms with Crippen molar-refractivity contribution in [2.24, 2.45) is 5.92 Å². The summed E-state index contributed by atoms with van der Waals surface area (Å²) in [5.74, 6) is -1.85. The van der Waals surface area contributed by atoms with Crippen molar-refractivity contribution in [1.82, 2.24) is 5.32 Å². The molecule has 1 fully saturated rings. The van der Waals surface area contributed by atoms with E-state index in [9.17, 15) is 19.7 Å². The van der Waals surface area contributed by atoms with Gasteiger partial charge in [0.25, 0.3) is 11.6 Å². The van der Waals surface area contributed by atoms with Crippen LogP contribution in [0.3, 0.4) is 0 Å². The molecule has 8 nitrogen and oxygen atoms in total. The number of nitro groups is 1. The summed E-state index contributed by atoms with van der Waals surface area (Å²) in [4.78, 5) is 33.1. The molecule has 8 heteroatoms. The van der Waals surface area contributed by atoms with Gasteiger partial charge in [0, 0.05) is 12.1 Å². The Morgan fingerprint density at radius 1 is 1.38 bits per heavy atom. The van der Waals surface area contributed by atoms with E-state index in [2.05, 4.69) is 5.32 Å². The zero-order chi connectivity index (χ0) is 15.6. The third kappa shape index (κ3) is 3.10. The Labute approximate surface area is 120 Å². The highest BCUT2D eigenvalue weighted by Crippen LogP contribution is 2.28. The fourth-order valence-electron chi connectivity index (χ4n) is 2.51. The van der Waals surface area contributed by atoms with Gasteiger partial charge >= 0.3 is 5.97 Å². The fraction of sp³-hybridized carbons (Fsp3) is 0.385. The second-order valence-corrected chi connectivity index (χ2v) is 5.01. The maximum atomic E-state index is 12.1. The quantitative estimate of drug-likeness (QED) is 0.433. The summed E-state index contributed by atoms with van der Waals surface area (Å²) in [6, 6.07) is 3.76. The molecule has 2 atom stereocenters. The number of anilines is 1. The van der Waals surface area contributed by atoms with Crippen LogP contribution in [0.15, 0.2) is 18.2 Å². The third-order valence-corrected chi connectivity index (χ3v) is 3.64. The molecule has 1 aliphatic carbocycles. The zero-order valence-electron chi connectivity index (χ0n) is 11.1. The molecule has 0 aromatic heterocycles. The number of benzene rings is 1. The van der Waals surface area contributed by atoms with Gasteiger partial charge in [-0.1, -0.05) is 6.07 Å². The minimum Gasteiger partial charge on any atom is -0.481 e. The second kappa shape index (κ2) is 5.78. The first-order chi connectivity index (χ1) is 9.90. The first kappa shape index (κ1) is 14.8. The van der Waals surface area contributed by atoms with Crippen LogP contribution < -0.4 is 11.1 Å². The van der Waals surface area contributed by atoms with Crippen molar-refractivity contribution in [2.75, 3.05) is 5.73 Å². The van der Waals surface area contributed by atoms with Gasteiger partial charge in [-0.05, 0) is 25.3 Å². The number of carbonyl (C=O) groups excluding carboxylic acids is 1. The first-order valence-electron chi connectivity index (χ1n) is 6.46.